The summed E-state index contributed by atoms with van der Waals surface area (Å²) in [5.74, 6) is 0. The van der Waals surface area contributed by atoms with Gasteiger partial charge in [0.15, 0.2) is 0 Å². The highest BCUT2D eigenvalue weighted by atomic mass is 32.2. The Morgan fingerprint density at radius 1 is 1.41 bits per heavy atom. The lowest BCUT2D eigenvalue weighted by molar-refractivity contribution is 0.192. The van der Waals surface area contributed by atoms with Crippen LogP contribution in [-0.4, -0.2) is 34.3 Å². The summed E-state index contributed by atoms with van der Waals surface area (Å²) >= 11 is 1.97. The van der Waals surface area contributed by atoms with Gasteiger partial charge in [-0.05, 0) is 38.1 Å². The van der Waals surface area contributed by atoms with Crippen molar-refractivity contribution in [2.24, 2.45) is 5.41 Å². The molecule has 1 aliphatic carbocycles. The summed E-state index contributed by atoms with van der Waals surface area (Å²) in [7, 11) is 0. The molecule has 0 aromatic heterocycles. The quantitative estimate of drug-likeness (QED) is 0.796. The van der Waals surface area contributed by atoms with Gasteiger partial charge in [0, 0.05) is 16.5 Å². The Morgan fingerprint density at radius 3 is 2.59 bits per heavy atom. The zero-order chi connectivity index (χ0) is 13.1. The molecule has 0 amide bonds. The maximum absolute atomic E-state index is 9.66. The summed E-state index contributed by atoms with van der Waals surface area (Å²) in [6.45, 7) is 12.0. The number of thioether (sulfide) groups is 1. The van der Waals surface area contributed by atoms with Crippen molar-refractivity contribution in [3.05, 3.63) is 0 Å². The lowest BCUT2D eigenvalue weighted by Crippen LogP contribution is -2.45. The molecule has 0 aliphatic heterocycles. The number of nitrogens with one attached hydrogen (secondary N) is 1. The Kier molecular flexibility index (Phi) is 5.81. The minimum Gasteiger partial charge on any atom is -0.392 e. The van der Waals surface area contributed by atoms with E-state index in [1.54, 1.807) is 0 Å². The molecule has 0 spiro atoms. The van der Waals surface area contributed by atoms with Crippen LogP contribution in [0.1, 0.15) is 53.9 Å². The van der Waals surface area contributed by atoms with E-state index in [-0.39, 0.29) is 6.10 Å². The van der Waals surface area contributed by atoms with E-state index in [9.17, 15) is 5.11 Å². The average Bonchev–Trinajstić information content (AvgIpc) is 2.21. The van der Waals surface area contributed by atoms with Crippen LogP contribution in [0.15, 0.2) is 0 Å². The van der Waals surface area contributed by atoms with Crippen LogP contribution >= 0.6 is 11.8 Å². The monoisotopic (exact) mass is 259 g/mol. The fraction of sp³-hybridized carbons (Fsp3) is 1.00. The molecular formula is C14H29NOS. The summed E-state index contributed by atoms with van der Waals surface area (Å²) in [6.07, 6.45) is 3.62. The number of aliphatic hydroxyl groups excluding tert-OH is 1. The van der Waals surface area contributed by atoms with Gasteiger partial charge in [-0.25, -0.2) is 0 Å². The zero-order valence-corrected chi connectivity index (χ0v) is 12.8. The highest BCUT2D eigenvalue weighted by molar-refractivity contribution is 8.00. The van der Waals surface area contributed by atoms with Crippen molar-refractivity contribution >= 4 is 11.8 Å². The molecule has 0 aromatic carbocycles. The van der Waals surface area contributed by atoms with Crippen molar-refractivity contribution in [3.63, 3.8) is 0 Å². The Hall–Kier alpha value is 0.270. The molecule has 4 unspecified atom stereocenters. The minimum absolute atomic E-state index is 0.215. The third-order valence-electron chi connectivity index (χ3n) is 3.87. The van der Waals surface area contributed by atoms with Gasteiger partial charge in [-0.3, -0.25) is 0 Å². The van der Waals surface area contributed by atoms with Crippen LogP contribution in [0.3, 0.4) is 0 Å². The van der Waals surface area contributed by atoms with Gasteiger partial charge >= 0.3 is 0 Å². The Balaban J connectivity index is 2.60. The van der Waals surface area contributed by atoms with Crippen LogP contribution in [0.4, 0.5) is 0 Å². The predicted molar refractivity (Wildman–Crippen MR) is 77.6 cm³/mol. The molecule has 0 bridgehead atoms. The predicted octanol–water partition coefficient (Wildman–Crippen LogP) is 3.05. The van der Waals surface area contributed by atoms with Crippen molar-refractivity contribution in [2.75, 3.05) is 6.54 Å². The Bertz CT molecular complexity index is 230. The SMILES string of the molecule is CCNC1CCC(C)(C)CC1SC(C)C(C)O. The Labute approximate surface area is 111 Å². The van der Waals surface area contributed by atoms with Crippen molar-refractivity contribution < 1.29 is 5.11 Å². The largest absolute Gasteiger partial charge is 0.392 e. The number of rotatable bonds is 5. The highest BCUT2D eigenvalue weighted by Gasteiger charge is 2.35. The molecule has 1 rings (SSSR count). The molecule has 3 heteroatoms. The molecule has 1 aliphatic rings. The molecule has 17 heavy (non-hydrogen) atoms. The minimum atomic E-state index is -0.215. The number of hydrogen-bond donors (Lipinski definition) is 2. The smallest absolute Gasteiger partial charge is 0.0628 e. The van der Waals surface area contributed by atoms with E-state index in [2.05, 4.69) is 33.0 Å². The number of aliphatic hydroxyl groups is 1. The van der Waals surface area contributed by atoms with Crippen molar-refractivity contribution in [2.45, 2.75) is 76.5 Å². The second kappa shape index (κ2) is 6.44. The highest BCUT2D eigenvalue weighted by Crippen LogP contribution is 2.41. The van der Waals surface area contributed by atoms with E-state index >= 15 is 0 Å². The Morgan fingerprint density at radius 2 is 2.06 bits per heavy atom. The summed E-state index contributed by atoms with van der Waals surface area (Å²) in [5, 5.41) is 14.2. The topological polar surface area (TPSA) is 32.3 Å². The van der Waals surface area contributed by atoms with Crippen LogP contribution in [0.5, 0.6) is 0 Å². The lowest BCUT2D eigenvalue weighted by Gasteiger charge is -2.42. The van der Waals surface area contributed by atoms with Crippen LogP contribution in [0.25, 0.3) is 0 Å². The summed E-state index contributed by atoms with van der Waals surface area (Å²) < 4.78 is 0. The van der Waals surface area contributed by atoms with Gasteiger partial charge in [0.1, 0.15) is 0 Å². The first-order valence-corrected chi connectivity index (χ1v) is 7.87. The van der Waals surface area contributed by atoms with E-state index in [1.165, 1.54) is 19.3 Å². The summed E-state index contributed by atoms with van der Waals surface area (Å²) in [5.41, 5.74) is 0.460. The van der Waals surface area contributed by atoms with E-state index in [1.807, 2.05) is 18.7 Å². The third-order valence-corrected chi connectivity index (χ3v) is 5.54. The maximum atomic E-state index is 9.66. The van der Waals surface area contributed by atoms with Crippen molar-refractivity contribution in [3.8, 4) is 0 Å². The average molecular weight is 259 g/mol. The molecule has 102 valence electrons. The molecule has 1 fully saturated rings. The molecule has 0 radical (unpaired) electrons. The van der Waals surface area contributed by atoms with E-state index in [4.69, 9.17) is 0 Å². The molecule has 0 saturated heterocycles. The molecule has 1 saturated carbocycles. The van der Waals surface area contributed by atoms with Gasteiger partial charge in [-0.2, -0.15) is 11.8 Å². The van der Waals surface area contributed by atoms with Gasteiger partial charge in [-0.1, -0.05) is 27.7 Å². The molecular weight excluding hydrogens is 230 g/mol. The lowest BCUT2D eigenvalue weighted by atomic mass is 9.75. The van der Waals surface area contributed by atoms with Crippen LogP contribution in [0, 0.1) is 5.41 Å². The van der Waals surface area contributed by atoms with Crippen LogP contribution < -0.4 is 5.32 Å². The molecule has 0 aromatic rings. The zero-order valence-electron chi connectivity index (χ0n) is 12.0. The van der Waals surface area contributed by atoms with E-state index < -0.39 is 0 Å². The molecule has 4 atom stereocenters. The molecule has 2 N–H and O–H groups in total. The van der Waals surface area contributed by atoms with Crippen LogP contribution in [-0.2, 0) is 0 Å². The second-order valence-corrected chi connectivity index (χ2v) is 7.81. The first-order valence-electron chi connectivity index (χ1n) is 6.92. The van der Waals surface area contributed by atoms with Gasteiger partial charge in [0.25, 0.3) is 0 Å². The van der Waals surface area contributed by atoms with Gasteiger partial charge < -0.3 is 10.4 Å². The van der Waals surface area contributed by atoms with E-state index in [0.29, 0.717) is 22.0 Å². The number of hydrogen-bond acceptors (Lipinski definition) is 3. The maximum Gasteiger partial charge on any atom is 0.0628 e. The third kappa shape index (κ3) is 4.80. The van der Waals surface area contributed by atoms with Gasteiger partial charge in [-0.15, -0.1) is 0 Å². The summed E-state index contributed by atoms with van der Waals surface area (Å²) in [6, 6.07) is 0.624. The second-order valence-electron chi connectivity index (χ2n) is 6.19. The van der Waals surface area contributed by atoms with E-state index in [0.717, 1.165) is 6.54 Å². The molecule has 2 nitrogen and oxygen atoms in total. The summed E-state index contributed by atoms with van der Waals surface area (Å²) in [4.78, 5) is 0. The van der Waals surface area contributed by atoms with Gasteiger partial charge in [0.05, 0.1) is 6.10 Å². The van der Waals surface area contributed by atoms with Gasteiger partial charge in [0.2, 0.25) is 0 Å². The standard InChI is InChI=1S/C14H29NOS/c1-6-15-12-7-8-14(4,5)9-13(12)17-11(3)10(2)16/h10-13,15-16H,6-9H2,1-5H3. The molecule has 0 heterocycles. The fourth-order valence-electron chi connectivity index (χ4n) is 2.55. The fourth-order valence-corrected chi connectivity index (χ4v) is 4.30. The normalized spacial score (nSPS) is 32.1. The van der Waals surface area contributed by atoms with Crippen LogP contribution in [0.2, 0.25) is 0 Å². The van der Waals surface area contributed by atoms with Crippen molar-refractivity contribution in [1.29, 1.82) is 0 Å². The first kappa shape index (κ1) is 15.3. The van der Waals surface area contributed by atoms with Crippen molar-refractivity contribution in [1.82, 2.24) is 5.32 Å². The first-order chi connectivity index (χ1) is 7.85.